The molecule has 2 aliphatic rings. The van der Waals surface area contributed by atoms with E-state index in [2.05, 4.69) is 79.9 Å². The Labute approximate surface area is 326 Å². The van der Waals surface area contributed by atoms with Crippen molar-refractivity contribution < 1.29 is 13.7 Å². The summed E-state index contributed by atoms with van der Waals surface area (Å²) in [6.07, 6.45) is 5.62. The third-order valence-electron chi connectivity index (χ3n) is 10.2. The van der Waals surface area contributed by atoms with E-state index in [0.29, 0.717) is 44.3 Å². The molecule has 6 nitrogen and oxygen atoms in total. The Morgan fingerprint density at radius 2 is 1.80 bits per heavy atom. The van der Waals surface area contributed by atoms with Crippen LogP contribution in [0.5, 0.6) is 5.75 Å². The van der Waals surface area contributed by atoms with Crippen LogP contribution in [0.2, 0.25) is 15.1 Å². The second-order valence-electron chi connectivity index (χ2n) is 14.0. The van der Waals surface area contributed by atoms with E-state index in [1.807, 2.05) is 37.3 Å². The van der Waals surface area contributed by atoms with Crippen LogP contribution in [0.15, 0.2) is 81.9 Å². The monoisotopic (exact) mass is 789 g/mol. The number of thioether (sulfide) groups is 1. The van der Waals surface area contributed by atoms with Crippen LogP contribution in [0.1, 0.15) is 70.6 Å². The van der Waals surface area contributed by atoms with Gasteiger partial charge >= 0.3 is 0 Å². The Morgan fingerprint density at radius 3 is 2.53 bits per heavy atom. The fourth-order valence-electron chi connectivity index (χ4n) is 6.67. The zero-order chi connectivity index (χ0) is 36.9. The van der Waals surface area contributed by atoms with Crippen LogP contribution in [-0.4, -0.2) is 37.2 Å². The number of anilines is 1. The van der Waals surface area contributed by atoms with Crippen LogP contribution in [0.3, 0.4) is 0 Å². The summed E-state index contributed by atoms with van der Waals surface area (Å²) in [7, 11) is 0.305. The lowest BCUT2D eigenvalue weighted by Crippen LogP contribution is -2.40. The number of nitrogens with one attached hydrogen (secondary N) is 2. The number of hydrogen-bond donors (Lipinski definition) is 2. The van der Waals surface area contributed by atoms with Gasteiger partial charge in [-0.15, -0.1) is 11.8 Å². The minimum atomic E-state index is -1.40. The van der Waals surface area contributed by atoms with Crippen molar-refractivity contribution in [1.29, 1.82) is 0 Å². The summed E-state index contributed by atoms with van der Waals surface area (Å²) in [5, 5.41) is 6.28. The van der Waals surface area contributed by atoms with Gasteiger partial charge in [-0.05, 0) is 104 Å². The van der Waals surface area contributed by atoms with E-state index in [9.17, 15) is 4.21 Å². The predicted octanol–water partition coefficient (Wildman–Crippen LogP) is 10.8. The summed E-state index contributed by atoms with van der Waals surface area (Å²) in [4.78, 5) is 3.00. The lowest BCUT2D eigenvalue weighted by atomic mass is 9.77. The summed E-state index contributed by atoms with van der Waals surface area (Å²) in [6, 6.07) is 18.2. The highest BCUT2D eigenvalue weighted by Crippen LogP contribution is 2.48. The number of benzene rings is 3. The Morgan fingerprint density at radius 1 is 1.02 bits per heavy atom. The topological polar surface area (TPSA) is 62.8 Å². The Balaban J connectivity index is 1.36. The highest BCUT2D eigenvalue weighted by atomic mass is 35.5. The summed E-state index contributed by atoms with van der Waals surface area (Å²) in [5.41, 5.74) is 6.06. The van der Waals surface area contributed by atoms with E-state index in [4.69, 9.17) is 44.3 Å². The van der Waals surface area contributed by atoms with E-state index < -0.39 is 16.4 Å². The molecule has 1 saturated heterocycles. The first-order chi connectivity index (χ1) is 24.3. The average molecular weight is 791 g/mol. The first-order valence-electron chi connectivity index (χ1n) is 17.5. The van der Waals surface area contributed by atoms with Gasteiger partial charge < -0.3 is 19.7 Å². The maximum Gasteiger partial charge on any atom is 0.126 e. The van der Waals surface area contributed by atoms with E-state index >= 15 is 0 Å². The van der Waals surface area contributed by atoms with Crippen LogP contribution >= 0.6 is 46.6 Å². The molecule has 1 fully saturated rings. The van der Waals surface area contributed by atoms with Crippen molar-refractivity contribution in [2.45, 2.75) is 82.9 Å². The minimum Gasteiger partial charge on any atom is -0.496 e. The fraction of sp³-hybridized carbons (Fsp3) is 0.450. The van der Waals surface area contributed by atoms with Gasteiger partial charge in [-0.25, -0.2) is 8.93 Å². The van der Waals surface area contributed by atoms with Crippen molar-refractivity contribution in [3.05, 3.63) is 109 Å². The number of methoxy groups -OCH3 is 1. The molecule has 4 atom stereocenters. The Kier molecular flexibility index (Phi) is 14.1. The zero-order valence-corrected chi connectivity index (χ0v) is 34.5. The van der Waals surface area contributed by atoms with Crippen molar-refractivity contribution in [2.75, 3.05) is 31.9 Å². The van der Waals surface area contributed by atoms with Crippen molar-refractivity contribution >= 4 is 63.2 Å². The van der Waals surface area contributed by atoms with Crippen molar-refractivity contribution in [3.63, 3.8) is 0 Å². The summed E-state index contributed by atoms with van der Waals surface area (Å²) < 4.78 is 27.7. The number of ether oxygens (including phenoxy) is 2. The van der Waals surface area contributed by atoms with Gasteiger partial charge in [-0.2, -0.15) is 0 Å². The molecule has 0 saturated carbocycles. The third kappa shape index (κ3) is 9.57. The normalized spacial score (nSPS) is 19.8. The molecule has 0 aliphatic carbocycles. The van der Waals surface area contributed by atoms with Crippen molar-refractivity contribution in [1.82, 2.24) is 10.0 Å². The third-order valence-corrected chi connectivity index (χ3v) is 13.7. The van der Waals surface area contributed by atoms with Crippen LogP contribution in [0.4, 0.5) is 5.69 Å². The smallest absolute Gasteiger partial charge is 0.126 e. The minimum absolute atomic E-state index is 0.187. The highest BCUT2D eigenvalue weighted by Gasteiger charge is 2.37. The Bertz CT molecular complexity index is 1790. The molecule has 51 heavy (non-hydrogen) atoms. The molecular weight excluding hydrogens is 741 g/mol. The molecule has 3 aromatic rings. The molecule has 2 aliphatic heterocycles. The number of allylic oxidation sites excluding steroid dienone is 3. The zero-order valence-electron chi connectivity index (χ0n) is 30.6. The van der Waals surface area contributed by atoms with E-state index in [1.54, 1.807) is 18.9 Å². The Hall–Kier alpha value is -2.01. The summed E-state index contributed by atoms with van der Waals surface area (Å²) >= 11 is 21.5. The van der Waals surface area contributed by atoms with Gasteiger partial charge in [0.25, 0.3) is 0 Å². The molecule has 276 valence electrons. The molecule has 0 aromatic heterocycles. The van der Waals surface area contributed by atoms with Crippen LogP contribution < -0.4 is 19.7 Å². The van der Waals surface area contributed by atoms with Gasteiger partial charge in [0, 0.05) is 47.2 Å². The molecule has 4 unspecified atom stereocenters. The molecule has 0 spiro atoms. The fourth-order valence-corrected chi connectivity index (χ4v) is 9.45. The van der Waals surface area contributed by atoms with Gasteiger partial charge in [-0.3, -0.25) is 0 Å². The largest absolute Gasteiger partial charge is 0.496 e. The quantitative estimate of drug-likeness (QED) is 0.168. The van der Waals surface area contributed by atoms with E-state index in [-0.39, 0.29) is 5.92 Å². The second-order valence-corrected chi connectivity index (χ2v) is 17.5. The molecular formula is C40H50Cl3N3O3S2. The molecule has 3 aromatic carbocycles. The maximum absolute atomic E-state index is 13.2. The number of halogens is 3. The molecule has 11 heteroatoms. The van der Waals surface area contributed by atoms with Gasteiger partial charge in [0.2, 0.25) is 0 Å². The lowest BCUT2D eigenvalue weighted by molar-refractivity contribution is 0.139. The number of rotatable bonds is 13. The van der Waals surface area contributed by atoms with Gasteiger partial charge in [0.1, 0.15) is 16.7 Å². The van der Waals surface area contributed by atoms with Crippen molar-refractivity contribution in [2.24, 2.45) is 11.8 Å². The molecule has 2 N–H and O–H groups in total. The van der Waals surface area contributed by atoms with Gasteiger partial charge in [0.15, 0.2) is 0 Å². The van der Waals surface area contributed by atoms with Crippen LogP contribution in [0.25, 0.3) is 0 Å². The number of hydrogen-bond acceptors (Lipinski definition) is 6. The first-order valence-corrected chi connectivity index (χ1v) is 20.8. The first kappa shape index (κ1) is 40.2. The second kappa shape index (κ2) is 17.9. The predicted molar refractivity (Wildman–Crippen MR) is 218 cm³/mol. The lowest BCUT2D eigenvalue weighted by Gasteiger charge is -2.43. The molecule has 0 bridgehead atoms. The summed E-state index contributed by atoms with van der Waals surface area (Å²) in [6.45, 7) is 15.2. The van der Waals surface area contributed by atoms with Gasteiger partial charge in [0.05, 0.1) is 39.4 Å². The maximum atomic E-state index is 13.2. The summed E-state index contributed by atoms with van der Waals surface area (Å²) in [5.74, 6) is 2.19. The SMILES string of the molecule is COc1cc(N2C(C(C)(C)c3ccc(Cl)c(Cl)c3)=CC(C)C(C)=C2SCc2ccc(S(=O)NCNC(C)C3CCCOCC3)cc2Cl)ccc1C. The molecule has 0 amide bonds. The molecule has 5 rings (SSSR count). The van der Waals surface area contributed by atoms with E-state index in [1.165, 1.54) is 5.57 Å². The number of nitrogens with zero attached hydrogens (tertiary/aromatic N) is 1. The highest BCUT2D eigenvalue weighted by molar-refractivity contribution is 8.02. The van der Waals surface area contributed by atoms with E-state index in [0.717, 1.165) is 71.3 Å². The van der Waals surface area contributed by atoms with Crippen LogP contribution in [-0.2, 0) is 26.9 Å². The van der Waals surface area contributed by atoms with Crippen LogP contribution in [0, 0.1) is 18.8 Å². The standard InChI is InChI=1S/C40H50Cl3N3O3S2/c1-25-10-13-32(21-37(25)48-7)46-38(40(5,6)31-12-15-34(41)36(43)20-31)19-26(2)27(3)39(46)50-23-30-11-14-33(22-35(30)42)51(47)45-24-44-28(4)29-9-8-17-49-18-16-29/h10-15,19-22,26,28-29,44-45H,8-9,16-18,23-24H2,1-7H3. The molecule has 2 heterocycles. The molecule has 0 radical (unpaired) electrons. The van der Waals surface area contributed by atoms with Gasteiger partial charge in [-0.1, -0.05) is 79.8 Å². The number of aryl methyl sites for hydroxylation is 1. The average Bonchev–Trinajstić information content (AvgIpc) is 3.40. The van der Waals surface area contributed by atoms with Crippen molar-refractivity contribution in [3.8, 4) is 5.75 Å².